The van der Waals surface area contributed by atoms with Crippen LogP contribution in [0, 0.1) is 20.8 Å². The van der Waals surface area contributed by atoms with Gasteiger partial charge in [0.1, 0.15) is 0 Å². The van der Waals surface area contributed by atoms with E-state index in [1.165, 1.54) is 11.6 Å². The molecule has 0 aliphatic rings. The van der Waals surface area contributed by atoms with Crippen molar-refractivity contribution in [1.29, 1.82) is 0 Å². The fourth-order valence-electron chi connectivity index (χ4n) is 3.26. The number of aryl methyl sites for hydroxylation is 4. The lowest BCUT2D eigenvalue weighted by Crippen LogP contribution is -2.10. The molecular formula is C18H18N6O2. The number of pyridine rings is 1. The minimum Gasteiger partial charge on any atom is -0.464 e. The van der Waals surface area contributed by atoms with Crippen LogP contribution in [0.5, 0.6) is 0 Å². The highest BCUT2D eigenvalue weighted by molar-refractivity contribution is 5.97. The number of methoxy groups -OCH3 is 1. The summed E-state index contributed by atoms with van der Waals surface area (Å²) in [6.45, 7) is 5.80. The smallest absolute Gasteiger partial charge is 0.356 e. The summed E-state index contributed by atoms with van der Waals surface area (Å²) >= 11 is 0. The molecule has 0 aliphatic carbocycles. The van der Waals surface area contributed by atoms with Crippen molar-refractivity contribution in [2.24, 2.45) is 7.05 Å². The van der Waals surface area contributed by atoms with Crippen LogP contribution < -0.4 is 0 Å². The van der Waals surface area contributed by atoms with Gasteiger partial charge in [-0.25, -0.2) is 19.3 Å². The first-order valence-electron chi connectivity index (χ1n) is 8.15. The number of nitrogens with zero attached hydrogens (tertiary/aromatic N) is 6. The van der Waals surface area contributed by atoms with Crippen molar-refractivity contribution in [3.8, 4) is 11.3 Å². The minimum atomic E-state index is -0.484. The van der Waals surface area contributed by atoms with E-state index in [1.54, 1.807) is 10.7 Å². The molecule has 8 heteroatoms. The second kappa shape index (κ2) is 5.62. The van der Waals surface area contributed by atoms with Crippen molar-refractivity contribution < 1.29 is 9.53 Å². The molecule has 26 heavy (non-hydrogen) atoms. The van der Waals surface area contributed by atoms with Gasteiger partial charge < -0.3 is 4.74 Å². The van der Waals surface area contributed by atoms with E-state index < -0.39 is 5.97 Å². The standard InChI is InChI=1S/C18H18N6O2/c1-9-6-10(2)19-16-15(9)17-20-13(12-8-23(4)21-11(12)3)7-14(18(25)26-5)24(17)22-16/h6-8H,1-5H3. The second-order valence-electron chi connectivity index (χ2n) is 6.33. The average Bonchev–Trinajstić information content (AvgIpc) is 3.12. The average molecular weight is 350 g/mol. The van der Waals surface area contributed by atoms with Crippen LogP contribution in [0.3, 0.4) is 0 Å². The van der Waals surface area contributed by atoms with Gasteiger partial charge in [0.25, 0.3) is 0 Å². The predicted octanol–water partition coefficient (Wildman–Crippen LogP) is 2.39. The number of carbonyl (C=O) groups excluding carboxylic acids is 1. The summed E-state index contributed by atoms with van der Waals surface area (Å²) in [5.74, 6) is -0.484. The quantitative estimate of drug-likeness (QED) is 0.516. The molecule has 0 saturated heterocycles. The van der Waals surface area contributed by atoms with Gasteiger partial charge in [0.15, 0.2) is 17.0 Å². The SMILES string of the molecule is COC(=O)c1cc(-c2cn(C)nc2C)nc2c3c(C)cc(C)nc3nn12. The third kappa shape index (κ3) is 2.33. The van der Waals surface area contributed by atoms with Gasteiger partial charge in [-0.2, -0.15) is 5.10 Å². The van der Waals surface area contributed by atoms with Crippen LogP contribution in [0.4, 0.5) is 0 Å². The molecule has 0 aliphatic heterocycles. The molecule has 0 bridgehead atoms. The van der Waals surface area contributed by atoms with E-state index in [0.29, 0.717) is 22.7 Å². The van der Waals surface area contributed by atoms with Crippen LogP contribution in [0.15, 0.2) is 18.3 Å². The largest absolute Gasteiger partial charge is 0.464 e. The second-order valence-corrected chi connectivity index (χ2v) is 6.33. The number of hydrogen-bond donors (Lipinski definition) is 0. The van der Waals surface area contributed by atoms with Gasteiger partial charge >= 0.3 is 5.97 Å². The summed E-state index contributed by atoms with van der Waals surface area (Å²) in [5.41, 5.74) is 5.62. The van der Waals surface area contributed by atoms with Gasteiger partial charge in [0.2, 0.25) is 0 Å². The molecule has 0 aromatic carbocycles. The molecule has 0 atom stereocenters. The molecule has 0 spiro atoms. The van der Waals surface area contributed by atoms with E-state index in [2.05, 4.69) is 15.2 Å². The van der Waals surface area contributed by atoms with Crippen LogP contribution in [-0.2, 0) is 11.8 Å². The Kier molecular flexibility index (Phi) is 3.50. The molecule has 4 aromatic heterocycles. The molecule has 8 nitrogen and oxygen atoms in total. The Morgan fingerprint density at radius 3 is 2.54 bits per heavy atom. The van der Waals surface area contributed by atoms with Gasteiger partial charge in [-0.05, 0) is 38.5 Å². The number of carbonyl (C=O) groups is 1. The monoisotopic (exact) mass is 350 g/mol. The first kappa shape index (κ1) is 16.2. The molecular weight excluding hydrogens is 332 g/mol. The van der Waals surface area contributed by atoms with Crippen LogP contribution >= 0.6 is 0 Å². The molecule has 4 heterocycles. The van der Waals surface area contributed by atoms with Crippen molar-refractivity contribution in [3.63, 3.8) is 0 Å². The van der Waals surface area contributed by atoms with Crippen molar-refractivity contribution in [2.75, 3.05) is 7.11 Å². The molecule has 0 unspecified atom stereocenters. The number of esters is 1. The Labute approximate surface area is 149 Å². The fourth-order valence-corrected chi connectivity index (χ4v) is 3.26. The number of aromatic nitrogens is 6. The molecule has 0 saturated carbocycles. The lowest BCUT2D eigenvalue weighted by molar-refractivity contribution is 0.0591. The van der Waals surface area contributed by atoms with Crippen molar-refractivity contribution in [3.05, 3.63) is 41.0 Å². The number of hydrogen-bond acceptors (Lipinski definition) is 6. The topological polar surface area (TPSA) is 87.2 Å². The lowest BCUT2D eigenvalue weighted by Gasteiger charge is -2.06. The first-order chi connectivity index (χ1) is 12.4. The van der Waals surface area contributed by atoms with E-state index in [0.717, 1.165) is 27.9 Å². The Hall–Kier alpha value is -3.29. The maximum absolute atomic E-state index is 12.4. The van der Waals surface area contributed by atoms with Gasteiger partial charge in [0, 0.05) is 24.5 Å². The van der Waals surface area contributed by atoms with Crippen LogP contribution in [0.1, 0.15) is 27.4 Å². The Bertz CT molecular complexity index is 1190. The number of fused-ring (bicyclic) bond motifs is 3. The zero-order valence-electron chi connectivity index (χ0n) is 15.2. The number of ether oxygens (including phenoxy) is 1. The summed E-state index contributed by atoms with van der Waals surface area (Å²) < 4.78 is 8.18. The zero-order chi connectivity index (χ0) is 18.6. The van der Waals surface area contributed by atoms with E-state index in [4.69, 9.17) is 9.72 Å². The summed E-state index contributed by atoms with van der Waals surface area (Å²) in [6.07, 6.45) is 1.88. The van der Waals surface area contributed by atoms with Crippen LogP contribution in [0.25, 0.3) is 27.9 Å². The summed E-state index contributed by atoms with van der Waals surface area (Å²) in [4.78, 5) is 21.6. The molecule has 0 N–H and O–H groups in total. The molecule has 4 rings (SSSR count). The molecule has 132 valence electrons. The predicted molar refractivity (Wildman–Crippen MR) is 96.0 cm³/mol. The maximum atomic E-state index is 12.4. The van der Waals surface area contributed by atoms with Gasteiger partial charge in [-0.1, -0.05) is 0 Å². The highest BCUT2D eigenvalue weighted by Crippen LogP contribution is 2.27. The highest BCUT2D eigenvalue weighted by Gasteiger charge is 2.21. The fraction of sp³-hybridized carbons (Fsp3) is 0.278. The van der Waals surface area contributed by atoms with Gasteiger partial charge in [-0.3, -0.25) is 4.68 Å². The third-order valence-corrected chi connectivity index (χ3v) is 4.36. The van der Waals surface area contributed by atoms with E-state index in [9.17, 15) is 4.79 Å². The van der Waals surface area contributed by atoms with E-state index in [-0.39, 0.29) is 0 Å². The van der Waals surface area contributed by atoms with Crippen LogP contribution in [0.2, 0.25) is 0 Å². The Balaban J connectivity index is 2.14. The molecule has 0 amide bonds. The lowest BCUT2D eigenvalue weighted by atomic mass is 10.1. The van der Waals surface area contributed by atoms with Crippen LogP contribution in [-0.4, -0.2) is 42.4 Å². The van der Waals surface area contributed by atoms with Gasteiger partial charge in [0.05, 0.1) is 23.9 Å². The normalized spacial score (nSPS) is 11.4. The maximum Gasteiger partial charge on any atom is 0.356 e. The highest BCUT2D eigenvalue weighted by atomic mass is 16.5. The van der Waals surface area contributed by atoms with Crippen molar-refractivity contribution in [2.45, 2.75) is 20.8 Å². The number of rotatable bonds is 2. The minimum absolute atomic E-state index is 0.297. The van der Waals surface area contributed by atoms with Crippen molar-refractivity contribution in [1.82, 2.24) is 29.4 Å². The Morgan fingerprint density at radius 1 is 1.12 bits per heavy atom. The van der Waals surface area contributed by atoms with E-state index in [1.807, 2.05) is 40.1 Å². The summed E-state index contributed by atoms with van der Waals surface area (Å²) in [6, 6.07) is 3.66. The molecule has 4 aromatic rings. The zero-order valence-corrected chi connectivity index (χ0v) is 15.2. The third-order valence-electron chi connectivity index (χ3n) is 4.36. The Morgan fingerprint density at radius 2 is 1.88 bits per heavy atom. The molecule has 0 radical (unpaired) electrons. The first-order valence-corrected chi connectivity index (χ1v) is 8.15. The van der Waals surface area contributed by atoms with Crippen molar-refractivity contribution >= 4 is 22.6 Å². The van der Waals surface area contributed by atoms with Gasteiger partial charge in [-0.15, -0.1) is 5.10 Å². The summed E-state index contributed by atoms with van der Waals surface area (Å²) in [7, 11) is 3.20. The molecule has 0 fully saturated rings. The van der Waals surface area contributed by atoms with E-state index >= 15 is 0 Å². The summed E-state index contributed by atoms with van der Waals surface area (Å²) in [5, 5.41) is 9.68.